The van der Waals surface area contributed by atoms with E-state index in [0.29, 0.717) is 47.1 Å². The van der Waals surface area contributed by atoms with E-state index >= 15 is 0 Å². The van der Waals surface area contributed by atoms with Crippen molar-refractivity contribution in [2.24, 2.45) is 0 Å². The number of carbonyl (C=O) groups is 1. The van der Waals surface area contributed by atoms with Crippen LogP contribution in [0.25, 0.3) is 0 Å². The lowest BCUT2D eigenvalue weighted by Crippen LogP contribution is -2.45. The number of carbonyl (C=O) groups excluding carboxylic acids is 1. The van der Waals surface area contributed by atoms with Crippen molar-refractivity contribution in [1.82, 2.24) is 10.2 Å². The molecule has 7 nitrogen and oxygen atoms in total. The van der Waals surface area contributed by atoms with E-state index in [1.807, 2.05) is 18.2 Å². The quantitative estimate of drug-likeness (QED) is 0.583. The average Bonchev–Trinajstić information content (AvgIpc) is 2.81. The van der Waals surface area contributed by atoms with Crippen LogP contribution < -0.4 is 19.5 Å². The molecule has 1 saturated heterocycles. The number of ether oxygens (including phenoxy) is 4. The van der Waals surface area contributed by atoms with E-state index in [2.05, 4.69) is 10.2 Å². The van der Waals surface area contributed by atoms with Crippen LogP contribution in [0.1, 0.15) is 18.5 Å². The molecule has 0 aromatic heterocycles. The minimum absolute atomic E-state index is 0.0611. The molecule has 1 aliphatic heterocycles. The normalized spacial score (nSPS) is 16.2. The molecule has 1 aliphatic rings. The third-order valence-corrected chi connectivity index (χ3v) is 5.85. The summed E-state index contributed by atoms with van der Waals surface area (Å²) in [5.41, 5.74) is 1.01. The SMILES string of the molecule is COc1ccc(C(CNC(=O)C(C)Oc2ccc(Cl)cc2Cl)N2CCOCC2)cc1OC. The number of nitrogens with one attached hydrogen (secondary N) is 1. The fourth-order valence-electron chi connectivity index (χ4n) is 3.56. The first-order chi connectivity index (χ1) is 15.4. The third-order valence-electron chi connectivity index (χ3n) is 5.32. The Kier molecular flexibility index (Phi) is 8.87. The second-order valence-electron chi connectivity index (χ2n) is 7.36. The molecular weight excluding hydrogens is 455 g/mol. The molecule has 9 heteroatoms. The zero-order valence-corrected chi connectivity index (χ0v) is 19.9. The number of halogens is 2. The van der Waals surface area contributed by atoms with Crippen LogP contribution in [0.5, 0.6) is 17.2 Å². The lowest BCUT2D eigenvalue weighted by molar-refractivity contribution is -0.127. The Balaban J connectivity index is 1.71. The minimum atomic E-state index is -0.732. The molecular formula is C23H28Cl2N2O5. The lowest BCUT2D eigenvalue weighted by Gasteiger charge is -2.35. The van der Waals surface area contributed by atoms with Gasteiger partial charge >= 0.3 is 0 Å². The summed E-state index contributed by atoms with van der Waals surface area (Å²) in [6.45, 7) is 4.90. The van der Waals surface area contributed by atoms with Gasteiger partial charge in [-0.25, -0.2) is 0 Å². The Morgan fingerprint density at radius 2 is 1.75 bits per heavy atom. The maximum atomic E-state index is 12.8. The number of rotatable bonds is 9. The molecule has 3 rings (SSSR count). The third kappa shape index (κ3) is 6.19. The molecule has 0 aliphatic carbocycles. The van der Waals surface area contributed by atoms with Crippen molar-refractivity contribution >= 4 is 29.1 Å². The van der Waals surface area contributed by atoms with Crippen LogP contribution in [0.15, 0.2) is 36.4 Å². The molecule has 32 heavy (non-hydrogen) atoms. The first-order valence-corrected chi connectivity index (χ1v) is 11.1. The molecule has 1 fully saturated rings. The molecule has 0 saturated carbocycles. The number of morpholine rings is 1. The van der Waals surface area contributed by atoms with Gasteiger partial charge in [-0.15, -0.1) is 0 Å². The van der Waals surface area contributed by atoms with Gasteiger partial charge in [-0.1, -0.05) is 29.3 Å². The van der Waals surface area contributed by atoms with Gasteiger partial charge in [0.1, 0.15) is 5.75 Å². The molecule has 174 valence electrons. The highest BCUT2D eigenvalue weighted by Gasteiger charge is 2.26. The summed E-state index contributed by atoms with van der Waals surface area (Å²) in [5, 5.41) is 3.87. The maximum Gasteiger partial charge on any atom is 0.260 e. The number of methoxy groups -OCH3 is 2. The van der Waals surface area contributed by atoms with Crippen molar-refractivity contribution in [3.8, 4) is 17.2 Å². The van der Waals surface area contributed by atoms with Gasteiger partial charge in [0.2, 0.25) is 0 Å². The summed E-state index contributed by atoms with van der Waals surface area (Å²) in [7, 11) is 3.21. The number of benzene rings is 2. The summed E-state index contributed by atoms with van der Waals surface area (Å²) in [6, 6.07) is 10.6. The molecule has 2 aromatic carbocycles. The molecule has 1 heterocycles. The fraction of sp³-hybridized carbons (Fsp3) is 0.435. The molecule has 0 radical (unpaired) electrons. The van der Waals surface area contributed by atoms with Gasteiger partial charge in [0.15, 0.2) is 17.6 Å². The van der Waals surface area contributed by atoms with Crippen LogP contribution in [-0.4, -0.2) is 64.0 Å². The molecule has 2 unspecified atom stereocenters. The molecule has 2 aromatic rings. The predicted molar refractivity (Wildman–Crippen MR) is 124 cm³/mol. The Hall–Kier alpha value is -2.19. The Morgan fingerprint density at radius 1 is 1.06 bits per heavy atom. The first kappa shape index (κ1) is 24.5. The van der Waals surface area contributed by atoms with Crippen LogP contribution in [0, 0.1) is 0 Å². The van der Waals surface area contributed by atoms with Crippen molar-refractivity contribution in [2.75, 3.05) is 47.1 Å². The van der Waals surface area contributed by atoms with Crippen LogP contribution >= 0.6 is 23.2 Å². The zero-order chi connectivity index (χ0) is 23.1. The van der Waals surface area contributed by atoms with Crippen molar-refractivity contribution in [3.63, 3.8) is 0 Å². The number of nitrogens with zero attached hydrogens (tertiary/aromatic N) is 1. The van der Waals surface area contributed by atoms with E-state index in [4.69, 9.17) is 42.1 Å². The summed E-state index contributed by atoms with van der Waals surface area (Å²) in [4.78, 5) is 15.1. The van der Waals surface area contributed by atoms with E-state index < -0.39 is 6.10 Å². The molecule has 1 amide bonds. The summed E-state index contributed by atoms with van der Waals surface area (Å²) >= 11 is 12.1. The monoisotopic (exact) mass is 482 g/mol. The average molecular weight is 483 g/mol. The van der Waals surface area contributed by atoms with E-state index in [0.717, 1.165) is 18.7 Å². The summed E-state index contributed by atoms with van der Waals surface area (Å²) in [5.74, 6) is 1.46. The lowest BCUT2D eigenvalue weighted by atomic mass is 10.0. The van der Waals surface area contributed by atoms with Gasteiger partial charge in [0.25, 0.3) is 5.91 Å². The standard InChI is InChI=1S/C23H28Cl2N2O5/c1-15(32-20-7-5-17(24)13-18(20)25)23(28)26-14-19(27-8-10-31-11-9-27)16-4-6-21(29-2)22(12-16)30-3/h4-7,12-13,15,19H,8-11,14H2,1-3H3,(H,26,28). The first-order valence-electron chi connectivity index (χ1n) is 10.4. The molecule has 1 N–H and O–H groups in total. The smallest absolute Gasteiger partial charge is 0.260 e. The van der Waals surface area contributed by atoms with Gasteiger partial charge in [0.05, 0.1) is 38.5 Å². The van der Waals surface area contributed by atoms with Gasteiger partial charge in [0, 0.05) is 24.7 Å². The van der Waals surface area contributed by atoms with Gasteiger partial charge in [-0.05, 0) is 42.8 Å². The summed E-state index contributed by atoms with van der Waals surface area (Å²) in [6.07, 6.45) is -0.732. The Labute approximate surface area is 198 Å². The Morgan fingerprint density at radius 3 is 2.41 bits per heavy atom. The number of hydrogen-bond donors (Lipinski definition) is 1. The largest absolute Gasteiger partial charge is 0.493 e. The zero-order valence-electron chi connectivity index (χ0n) is 18.4. The van der Waals surface area contributed by atoms with Gasteiger partial charge in [-0.2, -0.15) is 0 Å². The van der Waals surface area contributed by atoms with Crippen molar-refractivity contribution in [3.05, 3.63) is 52.0 Å². The number of amides is 1. The van der Waals surface area contributed by atoms with Gasteiger partial charge < -0.3 is 24.3 Å². The predicted octanol–water partition coefficient (Wildman–Crippen LogP) is 3.97. The van der Waals surface area contributed by atoms with Gasteiger partial charge in [-0.3, -0.25) is 9.69 Å². The minimum Gasteiger partial charge on any atom is -0.493 e. The van der Waals surface area contributed by atoms with Crippen LogP contribution in [0.2, 0.25) is 10.0 Å². The van der Waals surface area contributed by atoms with E-state index in [-0.39, 0.29) is 11.9 Å². The van der Waals surface area contributed by atoms with E-state index in [9.17, 15) is 4.79 Å². The van der Waals surface area contributed by atoms with E-state index in [1.165, 1.54) is 0 Å². The maximum absolute atomic E-state index is 12.8. The number of hydrogen-bond acceptors (Lipinski definition) is 6. The van der Waals surface area contributed by atoms with Crippen molar-refractivity contribution < 1.29 is 23.7 Å². The molecule has 0 bridgehead atoms. The highest BCUT2D eigenvalue weighted by atomic mass is 35.5. The Bertz CT molecular complexity index is 921. The topological polar surface area (TPSA) is 69.3 Å². The van der Waals surface area contributed by atoms with Crippen LogP contribution in [0.3, 0.4) is 0 Å². The summed E-state index contributed by atoms with van der Waals surface area (Å²) < 4.78 is 22.1. The second-order valence-corrected chi connectivity index (χ2v) is 8.20. The van der Waals surface area contributed by atoms with Crippen LogP contribution in [-0.2, 0) is 9.53 Å². The highest BCUT2D eigenvalue weighted by Crippen LogP contribution is 2.32. The van der Waals surface area contributed by atoms with E-state index in [1.54, 1.807) is 39.3 Å². The van der Waals surface area contributed by atoms with Crippen molar-refractivity contribution in [1.29, 1.82) is 0 Å². The molecule has 0 spiro atoms. The highest BCUT2D eigenvalue weighted by molar-refractivity contribution is 6.35. The second kappa shape index (κ2) is 11.6. The van der Waals surface area contributed by atoms with Crippen LogP contribution in [0.4, 0.5) is 0 Å². The molecule has 2 atom stereocenters. The fourth-order valence-corrected chi connectivity index (χ4v) is 4.02. The van der Waals surface area contributed by atoms with Crippen molar-refractivity contribution in [2.45, 2.75) is 19.1 Å².